The van der Waals surface area contributed by atoms with E-state index < -0.39 is 35.7 Å². The van der Waals surface area contributed by atoms with E-state index in [2.05, 4.69) is 10.6 Å². The zero-order chi connectivity index (χ0) is 31.4. The third kappa shape index (κ3) is 9.65. The van der Waals surface area contributed by atoms with E-state index in [1.165, 1.54) is 24.3 Å². The Morgan fingerprint density at radius 1 is 1.00 bits per heavy atom. The van der Waals surface area contributed by atoms with Crippen LogP contribution in [0.4, 0.5) is 0 Å². The van der Waals surface area contributed by atoms with Gasteiger partial charge in [-0.05, 0) is 61.6 Å². The van der Waals surface area contributed by atoms with Crippen LogP contribution in [0.1, 0.15) is 39.9 Å². The van der Waals surface area contributed by atoms with Crippen molar-refractivity contribution in [3.05, 3.63) is 107 Å². The van der Waals surface area contributed by atoms with E-state index >= 15 is 0 Å². The molecule has 0 aliphatic heterocycles. The zero-order valence-electron chi connectivity index (χ0n) is 23.8. The molecule has 0 saturated carbocycles. The number of rotatable bonds is 12. The average molecular weight is 585 g/mol. The topological polar surface area (TPSA) is 192 Å². The number of hydrogen-bond acceptors (Lipinski definition) is 7. The third-order valence-electron chi connectivity index (χ3n) is 6.49. The smallest absolute Gasteiger partial charge is 0.267 e. The molecule has 3 aromatic rings. The number of phenols is 1. The molecule has 0 saturated heterocycles. The summed E-state index contributed by atoms with van der Waals surface area (Å²) in [4.78, 5) is 54.5. The van der Waals surface area contributed by atoms with Gasteiger partial charge in [0.25, 0.3) is 17.7 Å². The molecule has 11 heteroatoms. The SMILES string of the molecule is Cc1ccc(/C=C\C(=O)N(C(=O)c2ccccc2)C(=O)[C@H](CCCNC(=N)N)NC(=O)[C@@H](N)Cc2ccccc2)c(O)c1. The van der Waals surface area contributed by atoms with E-state index in [0.717, 1.165) is 17.2 Å². The Balaban J connectivity index is 1.91. The molecule has 8 N–H and O–H groups in total. The molecule has 0 bridgehead atoms. The summed E-state index contributed by atoms with van der Waals surface area (Å²) in [5.74, 6) is -3.79. The van der Waals surface area contributed by atoms with Crippen molar-refractivity contribution in [2.24, 2.45) is 11.5 Å². The summed E-state index contributed by atoms with van der Waals surface area (Å²) >= 11 is 0. The first-order valence-corrected chi connectivity index (χ1v) is 13.7. The molecule has 224 valence electrons. The lowest BCUT2D eigenvalue weighted by molar-refractivity contribution is -0.142. The fourth-order valence-electron chi connectivity index (χ4n) is 4.23. The predicted octanol–water partition coefficient (Wildman–Crippen LogP) is 2.23. The number of imide groups is 3. The summed E-state index contributed by atoms with van der Waals surface area (Å²) in [7, 11) is 0. The van der Waals surface area contributed by atoms with Crippen LogP contribution in [0.25, 0.3) is 6.08 Å². The minimum atomic E-state index is -1.30. The van der Waals surface area contributed by atoms with Crippen LogP contribution in [0, 0.1) is 12.3 Å². The summed E-state index contributed by atoms with van der Waals surface area (Å²) in [6.07, 6.45) is 2.79. The second-order valence-electron chi connectivity index (χ2n) is 9.92. The van der Waals surface area contributed by atoms with Gasteiger partial charge in [-0.25, -0.2) is 4.90 Å². The predicted molar refractivity (Wildman–Crippen MR) is 164 cm³/mol. The lowest BCUT2D eigenvalue weighted by atomic mass is 10.0. The molecule has 3 rings (SSSR count). The standard InChI is InChI=1S/C32H36N6O5/c1-21-14-15-23(27(39)19-21)16-17-28(40)38(30(42)24-11-6-3-7-12-24)31(43)26(13-8-18-36-32(34)35)37-29(41)25(33)20-22-9-4-2-5-10-22/h2-7,9-12,14-17,19,25-26,39H,8,13,18,20,33H2,1H3,(H,37,41)(H4,34,35,36)/b17-16-/t25-,26-/m0/s1. The quantitative estimate of drug-likeness (QED) is 0.0808. The number of hydrogen-bond donors (Lipinski definition) is 6. The maximum atomic E-state index is 13.9. The summed E-state index contributed by atoms with van der Waals surface area (Å²) in [5, 5.41) is 22.8. The Kier molecular flexibility index (Phi) is 11.7. The summed E-state index contributed by atoms with van der Waals surface area (Å²) in [6, 6.07) is 19.4. The third-order valence-corrected chi connectivity index (χ3v) is 6.49. The van der Waals surface area contributed by atoms with Gasteiger partial charge < -0.3 is 27.2 Å². The highest BCUT2D eigenvalue weighted by atomic mass is 16.3. The molecule has 0 heterocycles. The number of guanidine groups is 1. The molecule has 0 unspecified atom stereocenters. The van der Waals surface area contributed by atoms with Gasteiger partial charge in [0, 0.05) is 23.7 Å². The molecule has 2 atom stereocenters. The maximum absolute atomic E-state index is 13.9. The van der Waals surface area contributed by atoms with Crippen molar-refractivity contribution < 1.29 is 24.3 Å². The van der Waals surface area contributed by atoms with Crippen molar-refractivity contribution in [2.75, 3.05) is 6.54 Å². The van der Waals surface area contributed by atoms with Crippen LogP contribution in [0.3, 0.4) is 0 Å². The van der Waals surface area contributed by atoms with Crippen LogP contribution < -0.4 is 22.1 Å². The van der Waals surface area contributed by atoms with Crippen molar-refractivity contribution >= 4 is 35.7 Å². The van der Waals surface area contributed by atoms with Gasteiger partial charge in [0.1, 0.15) is 11.8 Å². The fraction of sp³-hybridized carbons (Fsp3) is 0.219. The van der Waals surface area contributed by atoms with Gasteiger partial charge in [0.05, 0.1) is 6.04 Å². The molecule has 4 amide bonds. The first kappa shape index (κ1) is 32.2. The molecule has 0 spiro atoms. The van der Waals surface area contributed by atoms with Crippen molar-refractivity contribution in [1.29, 1.82) is 5.41 Å². The van der Waals surface area contributed by atoms with Crippen LogP contribution in [-0.2, 0) is 20.8 Å². The van der Waals surface area contributed by atoms with Crippen molar-refractivity contribution in [3.8, 4) is 5.75 Å². The Labute approximate surface area is 250 Å². The Morgan fingerprint density at radius 2 is 1.65 bits per heavy atom. The molecule has 0 aliphatic carbocycles. The van der Waals surface area contributed by atoms with Gasteiger partial charge in [-0.2, -0.15) is 0 Å². The van der Waals surface area contributed by atoms with Crippen LogP contribution in [0.5, 0.6) is 5.75 Å². The number of nitrogens with one attached hydrogen (secondary N) is 3. The van der Waals surface area contributed by atoms with Gasteiger partial charge in [0.15, 0.2) is 5.96 Å². The molecule has 43 heavy (non-hydrogen) atoms. The summed E-state index contributed by atoms with van der Waals surface area (Å²) in [6.45, 7) is 2.00. The minimum absolute atomic E-state index is 0.0111. The number of aromatic hydroxyl groups is 1. The molecule has 11 nitrogen and oxygen atoms in total. The van der Waals surface area contributed by atoms with Gasteiger partial charge in [-0.15, -0.1) is 0 Å². The van der Waals surface area contributed by atoms with Crippen LogP contribution in [-0.4, -0.2) is 58.2 Å². The van der Waals surface area contributed by atoms with Gasteiger partial charge >= 0.3 is 0 Å². The van der Waals surface area contributed by atoms with Gasteiger partial charge in [-0.3, -0.25) is 24.6 Å². The summed E-state index contributed by atoms with van der Waals surface area (Å²) in [5.41, 5.74) is 13.5. The number of nitrogens with zero attached hydrogens (tertiary/aromatic N) is 1. The lowest BCUT2D eigenvalue weighted by Crippen LogP contribution is -2.55. The van der Waals surface area contributed by atoms with Crippen molar-refractivity contribution in [3.63, 3.8) is 0 Å². The normalized spacial score (nSPS) is 12.2. The fourth-order valence-corrected chi connectivity index (χ4v) is 4.23. The first-order valence-electron chi connectivity index (χ1n) is 13.7. The molecular formula is C32H36N6O5. The minimum Gasteiger partial charge on any atom is -0.507 e. The van der Waals surface area contributed by atoms with Crippen LogP contribution >= 0.6 is 0 Å². The van der Waals surface area contributed by atoms with E-state index in [4.69, 9.17) is 16.9 Å². The largest absolute Gasteiger partial charge is 0.507 e. The first-order chi connectivity index (χ1) is 20.6. The molecule has 0 fully saturated rings. The molecule has 0 aromatic heterocycles. The monoisotopic (exact) mass is 584 g/mol. The van der Waals surface area contributed by atoms with E-state index in [0.29, 0.717) is 10.5 Å². The van der Waals surface area contributed by atoms with E-state index in [-0.39, 0.29) is 43.1 Å². The van der Waals surface area contributed by atoms with Crippen LogP contribution in [0.15, 0.2) is 84.9 Å². The number of amides is 4. The second-order valence-corrected chi connectivity index (χ2v) is 9.92. The second kappa shape index (κ2) is 15.6. The number of benzene rings is 3. The van der Waals surface area contributed by atoms with E-state index in [9.17, 15) is 24.3 Å². The number of carbonyl (C=O) groups excluding carboxylic acids is 4. The highest BCUT2D eigenvalue weighted by Gasteiger charge is 2.35. The Bertz CT molecular complexity index is 1480. The Morgan fingerprint density at radius 3 is 2.28 bits per heavy atom. The van der Waals surface area contributed by atoms with Crippen molar-refractivity contribution in [1.82, 2.24) is 15.5 Å². The van der Waals surface area contributed by atoms with Crippen LogP contribution in [0.2, 0.25) is 0 Å². The van der Waals surface area contributed by atoms with Gasteiger partial charge in [0.2, 0.25) is 5.91 Å². The maximum Gasteiger partial charge on any atom is 0.267 e. The molecule has 0 radical (unpaired) electrons. The Hall–Kier alpha value is -5.29. The summed E-state index contributed by atoms with van der Waals surface area (Å²) < 4.78 is 0. The lowest BCUT2D eigenvalue weighted by Gasteiger charge is -2.26. The van der Waals surface area contributed by atoms with E-state index in [1.807, 2.05) is 30.3 Å². The van der Waals surface area contributed by atoms with Crippen molar-refractivity contribution in [2.45, 2.75) is 38.3 Å². The number of phenolic OH excluding ortho intramolecular Hbond substituents is 1. The number of aryl methyl sites for hydroxylation is 1. The molecular weight excluding hydrogens is 548 g/mol. The molecule has 3 aromatic carbocycles. The number of carbonyl (C=O) groups is 4. The van der Waals surface area contributed by atoms with Gasteiger partial charge in [-0.1, -0.05) is 60.7 Å². The highest BCUT2D eigenvalue weighted by molar-refractivity contribution is 6.20. The highest BCUT2D eigenvalue weighted by Crippen LogP contribution is 2.20. The van der Waals surface area contributed by atoms with E-state index in [1.54, 1.807) is 37.3 Å². The number of nitrogens with two attached hydrogens (primary N) is 2. The average Bonchev–Trinajstić information content (AvgIpc) is 2.99. The zero-order valence-corrected chi connectivity index (χ0v) is 23.8. The molecule has 0 aliphatic rings.